The third-order valence-corrected chi connectivity index (χ3v) is 4.62. The van der Waals surface area contributed by atoms with E-state index in [4.69, 9.17) is 11.5 Å². The maximum absolute atomic E-state index is 12.1. The number of hydrogen-bond acceptors (Lipinski definition) is 7. The second-order valence-corrected chi connectivity index (χ2v) is 6.35. The van der Waals surface area contributed by atoms with Gasteiger partial charge in [0.15, 0.2) is 0 Å². The normalized spacial score (nSPS) is 12.9. The largest absolute Gasteiger partial charge is 0.330 e. The predicted octanol–water partition coefficient (Wildman–Crippen LogP) is 0.351. The van der Waals surface area contributed by atoms with Gasteiger partial charge in [-0.1, -0.05) is 6.42 Å². The van der Waals surface area contributed by atoms with E-state index in [1.165, 1.54) is 0 Å². The molecule has 0 aliphatic rings. The maximum Gasteiger partial charge on any atom is 0.269 e. The summed E-state index contributed by atoms with van der Waals surface area (Å²) < 4.78 is 24.1. The van der Waals surface area contributed by atoms with Gasteiger partial charge in [-0.25, -0.2) is 8.42 Å². The molecule has 8 nitrogen and oxygen atoms in total. The number of hydrogen-bond donors (Lipinski definition) is 2. The summed E-state index contributed by atoms with van der Waals surface area (Å²) in [6, 6.07) is 2.98. The molecule has 0 aliphatic carbocycles. The Labute approximate surface area is 122 Å². The Hall–Kier alpha value is -1.84. The van der Waals surface area contributed by atoms with E-state index >= 15 is 0 Å². The minimum atomic E-state index is -4.24. The molecule has 0 aliphatic heterocycles. The number of unbranched alkanes of at least 4 members (excludes halogenated alkanes) is 1. The van der Waals surface area contributed by atoms with Crippen molar-refractivity contribution in [1.82, 2.24) is 0 Å². The van der Waals surface area contributed by atoms with Crippen LogP contribution in [0, 0.1) is 10.1 Å². The third kappa shape index (κ3) is 4.31. The van der Waals surface area contributed by atoms with E-state index in [2.05, 4.69) is 0 Å². The Bertz CT molecular complexity index is 612. The zero-order valence-electron chi connectivity index (χ0n) is 11.3. The molecule has 1 aromatic carbocycles. The maximum atomic E-state index is 12.1. The fraction of sp³-hybridized carbons (Fsp3) is 0.417. The molecule has 0 spiro atoms. The topological polar surface area (TPSA) is 146 Å². The molecule has 0 aromatic heterocycles. The molecule has 0 fully saturated rings. The number of non-ortho nitro benzene ring substituents is 1. The van der Waals surface area contributed by atoms with Gasteiger partial charge in [-0.05, 0) is 31.5 Å². The summed E-state index contributed by atoms with van der Waals surface area (Å²) in [6.45, 7) is 0.440. The van der Waals surface area contributed by atoms with E-state index in [9.17, 15) is 23.3 Å². The lowest BCUT2D eigenvalue weighted by molar-refractivity contribution is -0.384. The zero-order chi connectivity index (χ0) is 16.0. The molecule has 9 heteroatoms. The molecule has 0 radical (unpaired) electrons. The first kappa shape index (κ1) is 17.2. The highest BCUT2D eigenvalue weighted by molar-refractivity contribution is 8.06. The van der Waals surface area contributed by atoms with Crippen LogP contribution in [0.15, 0.2) is 29.2 Å². The number of nitrogens with zero attached hydrogens (tertiary/aromatic N) is 1. The van der Waals surface area contributed by atoms with E-state index in [-0.39, 0.29) is 17.0 Å². The Kier molecular flexibility index (Phi) is 5.94. The van der Waals surface area contributed by atoms with Gasteiger partial charge in [-0.15, -0.1) is 0 Å². The predicted molar refractivity (Wildman–Crippen MR) is 76.2 cm³/mol. The highest BCUT2D eigenvalue weighted by atomic mass is 32.2. The molecule has 1 atom stereocenters. The summed E-state index contributed by atoms with van der Waals surface area (Å²) in [5, 5.41) is 9.42. The molecule has 0 heterocycles. The number of carbonyl (C=O) groups is 1. The lowest BCUT2D eigenvalue weighted by Crippen LogP contribution is -2.36. The monoisotopic (exact) mass is 315 g/mol. The molecule has 116 valence electrons. The van der Waals surface area contributed by atoms with Gasteiger partial charge in [0.25, 0.3) is 10.8 Å². The molecule has 21 heavy (non-hydrogen) atoms. The molecular formula is C12H17N3O5S. The zero-order valence-corrected chi connectivity index (χ0v) is 12.1. The van der Waals surface area contributed by atoms with Crippen molar-refractivity contribution < 1.29 is 18.1 Å². The first-order valence-electron chi connectivity index (χ1n) is 6.29. The number of nitrogens with two attached hydrogens (primary N) is 2. The molecule has 1 aromatic rings. The number of nitro groups is 1. The second kappa shape index (κ2) is 7.25. The van der Waals surface area contributed by atoms with E-state index in [1.54, 1.807) is 0 Å². The van der Waals surface area contributed by atoms with Crippen LogP contribution in [-0.4, -0.2) is 31.0 Å². The minimum absolute atomic E-state index is 0.224. The lowest BCUT2D eigenvalue weighted by Gasteiger charge is -2.10. The minimum Gasteiger partial charge on any atom is -0.330 e. The first-order valence-corrected chi connectivity index (χ1v) is 7.78. The fourth-order valence-corrected chi connectivity index (χ4v) is 2.93. The van der Waals surface area contributed by atoms with Gasteiger partial charge < -0.3 is 11.5 Å². The molecule has 0 bridgehead atoms. The Morgan fingerprint density at radius 2 is 1.81 bits per heavy atom. The van der Waals surface area contributed by atoms with Crippen LogP contribution >= 0.6 is 0 Å². The fourth-order valence-electron chi connectivity index (χ4n) is 1.69. The van der Waals surface area contributed by atoms with Crippen LogP contribution in [0.5, 0.6) is 0 Å². The van der Waals surface area contributed by atoms with Crippen molar-refractivity contribution in [2.24, 2.45) is 11.5 Å². The molecule has 0 unspecified atom stereocenters. The van der Waals surface area contributed by atoms with Gasteiger partial charge >= 0.3 is 0 Å². The Morgan fingerprint density at radius 1 is 1.24 bits per heavy atom. The Balaban J connectivity index is 2.89. The summed E-state index contributed by atoms with van der Waals surface area (Å²) in [4.78, 5) is 21.5. The number of benzene rings is 1. The van der Waals surface area contributed by atoms with Crippen LogP contribution in [0.4, 0.5) is 5.69 Å². The lowest BCUT2D eigenvalue weighted by atomic mass is 10.1. The molecule has 0 saturated heterocycles. The molecule has 4 N–H and O–H groups in total. The van der Waals surface area contributed by atoms with Crippen molar-refractivity contribution in [3.63, 3.8) is 0 Å². The average molecular weight is 315 g/mol. The number of nitro benzene ring substituents is 1. The Morgan fingerprint density at radius 3 is 2.29 bits per heavy atom. The quantitative estimate of drug-likeness (QED) is 0.419. The van der Waals surface area contributed by atoms with Gasteiger partial charge in [0, 0.05) is 12.1 Å². The third-order valence-electron chi connectivity index (χ3n) is 2.89. The van der Waals surface area contributed by atoms with Crippen LogP contribution in [0.3, 0.4) is 0 Å². The number of carbonyl (C=O) groups excluding carboxylic acids is 1. The summed E-state index contributed by atoms with van der Waals surface area (Å²) >= 11 is 0. The SMILES string of the molecule is NCCCC[C@H](N)C(=O)S(=O)(=O)c1ccc([N+](=O)[O-])cc1. The van der Waals surface area contributed by atoms with Crippen molar-refractivity contribution in [3.05, 3.63) is 34.4 Å². The summed E-state index contributed by atoms with van der Waals surface area (Å²) in [6.07, 6.45) is 1.43. The van der Waals surface area contributed by atoms with E-state index < -0.39 is 25.9 Å². The van der Waals surface area contributed by atoms with Crippen LogP contribution in [0.25, 0.3) is 0 Å². The van der Waals surface area contributed by atoms with Gasteiger partial charge in [-0.2, -0.15) is 0 Å². The number of rotatable bonds is 7. The van der Waals surface area contributed by atoms with Crippen LogP contribution < -0.4 is 11.5 Å². The van der Waals surface area contributed by atoms with Crippen LogP contribution in [-0.2, 0) is 14.6 Å². The summed E-state index contributed by atoms with van der Waals surface area (Å²) in [5.41, 5.74) is 10.6. The van der Waals surface area contributed by atoms with Crippen LogP contribution in [0.1, 0.15) is 19.3 Å². The molecule has 0 saturated carbocycles. The molecular weight excluding hydrogens is 298 g/mol. The summed E-state index contributed by atoms with van der Waals surface area (Å²) in [5.74, 6) is 0. The van der Waals surface area contributed by atoms with Gasteiger partial charge in [0.2, 0.25) is 9.84 Å². The summed E-state index contributed by atoms with van der Waals surface area (Å²) in [7, 11) is -4.24. The number of sulfone groups is 1. The highest BCUT2D eigenvalue weighted by Gasteiger charge is 2.30. The van der Waals surface area contributed by atoms with Gasteiger partial charge in [0.1, 0.15) is 0 Å². The molecule has 1 rings (SSSR count). The van der Waals surface area contributed by atoms with E-state index in [0.717, 1.165) is 24.3 Å². The van der Waals surface area contributed by atoms with Gasteiger partial charge in [0.05, 0.1) is 15.9 Å². The van der Waals surface area contributed by atoms with Crippen molar-refractivity contribution in [2.45, 2.75) is 30.2 Å². The highest BCUT2D eigenvalue weighted by Crippen LogP contribution is 2.18. The van der Waals surface area contributed by atoms with E-state index in [0.29, 0.717) is 19.4 Å². The van der Waals surface area contributed by atoms with Gasteiger partial charge in [-0.3, -0.25) is 14.9 Å². The smallest absolute Gasteiger partial charge is 0.269 e. The van der Waals surface area contributed by atoms with E-state index in [1.807, 2.05) is 0 Å². The standard InChI is InChI=1S/C12H17N3O5S/c13-8-2-1-3-11(14)12(16)21(19,20)10-6-4-9(5-7-10)15(17)18/h4-7,11H,1-3,8,13-14H2/t11-/m0/s1. The average Bonchev–Trinajstić information content (AvgIpc) is 2.46. The molecule has 0 amide bonds. The van der Waals surface area contributed by atoms with Crippen molar-refractivity contribution in [1.29, 1.82) is 0 Å². The van der Waals surface area contributed by atoms with Crippen LogP contribution in [0.2, 0.25) is 0 Å². The first-order chi connectivity index (χ1) is 9.80. The van der Waals surface area contributed by atoms with Crippen molar-refractivity contribution in [3.8, 4) is 0 Å². The second-order valence-electron chi connectivity index (χ2n) is 4.46. The van der Waals surface area contributed by atoms with Crippen molar-refractivity contribution in [2.75, 3.05) is 6.54 Å². The van der Waals surface area contributed by atoms with Crippen molar-refractivity contribution >= 4 is 20.6 Å².